The fraction of sp³-hybridized carbons (Fsp3) is 0.200. The zero-order valence-electron chi connectivity index (χ0n) is 10.8. The van der Waals surface area contributed by atoms with E-state index in [9.17, 15) is 8.42 Å². The van der Waals surface area contributed by atoms with Crippen molar-refractivity contribution in [2.75, 3.05) is 0 Å². The second kappa shape index (κ2) is 5.55. The largest absolute Gasteiger partial charge is 0.326 e. The van der Waals surface area contributed by atoms with Gasteiger partial charge in [0.05, 0.1) is 10.6 Å². The Bertz CT molecular complexity index is 644. The van der Waals surface area contributed by atoms with Crippen molar-refractivity contribution in [2.45, 2.75) is 24.1 Å². The lowest BCUT2D eigenvalue weighted by atomic mass is 10.1. The Labute approximate surface area is 114 Å². The minimum Gasteiger partial charge on any atom is -0.326 e. The van der Waals surface area contributed by atoms with Crippen LogP contribution in [0.2, 0.25) is 0 Å². The highest BCUT2D eigenvalue weighted by atomic mass is 32.2. The molecule has 19 heavy (non-hydrogen) atoms. The molecule has 0 fully saturated rings. The Morgan fingerprint density at radius 3 is 1.95 bits per heavy atom. The SMILES string of the molecule is Cc1ccc(S(=O)(=O)Cc2ccc(CN)cc2)cc1. The molecule has 0 saturated carbocycles. The minimum absolute atomic E-state index is 0.0148. The maximum atomic E-state index is 12.2. The molecule has 2 aromatic carbocycles. The first-order valence-corrected chi connectivity index (χ1v) is 7.74. The van der Waals surface area contributed by atoms with E-state index in [-0.39, 0.29) is 5.75 Å². The van der Waals surface area contributed by atoms with Gasteiger partial charge in [-0.05, 0) is 30.2 Å². The summed E-state index contributed by atoms with van der Waals surface area (Å²) in [7, 11) is -3.28. The van der Waals surface area contributed by atoms with Crippen molar-refractivity contribution in [2.24, 2.45) is 5.73 Å². The predicted molar refractivity (Wildman–Crippen MR) is 76.4 cm³/mol. The third kappa shape index (κ3) is 3.43. The quantitative estimate of drug-likeness (QED) is 0.932. The average Bonchev–Trinajstić information content (AvgIpc) is 2.40. The highest BCUT2D eigenvalue weighted by molar-refractivity contribution is 7.90. The summed E-state index contributed by atoms with van der Waals surface area (Å²) in [6.07, 6.45) is 0. The molecule has 2 N–H and O–H groups in total. The standard InChI is InChI=1S/C15H17NO2S/c1-12-2-8-15(9-3-12)19(17,18)11-14-6-4-13(10-16)5-7-14/h2-9H,10-11,16H2,1H3. The van der Waals surface area contributed by atoms with Crippen LogP contribution in [0.5, 0.6) is 0 Å². The summed E-state index contributed by atoms with van der Waals surface area (Å²) in [4.78, 5) is 0.362. The van der Waals surface area contributed by atoms with Gasteiger partial charge >= 0.3 is 0 Å². The lowest BCUT2D eigenvalue weighted by Crippen LogP contribution is -2.05. The Morgan fingerprint density at radius 1 is 0.895 bits per heavy atom. The van der Waals surface area contributed by atoms with Gasteiger partial charge in [-0.15, -0.1) is 0 Å². The highest BCUT2D eigenvalue weighted by Gasteiger charge is 2.14. The molecule has 0 amide bonds. The van der Waals surface area contributed by atoms with Gasteiger partial charge < -0.3 is 5.73 Å². The molecule has 0 radical (unpaired) electrons. The Hall–Kier alpha value is -1.65. The number of rotatable bonds is 4. The molecule has 0 heterocycles. The van der Waals surface area contributed by atoms with Crippen LogP contribution in [-0.2, 0) is 22.1 Å². The molecule has 0 bridgehead atoms. The topological polar surface area (TPSA) is 60.2 Å². The van der Waals surface area contributed by atoms with Crippen molar-refractivity contribution in [1.82, 2.24) is 0 Å². The summed E-state index contributed by atoms with van der Waals surface area (Å²) >= 11 is 0. The van der Waals surface area contributed by atoms with Crippen LogP contribution in [0.1, 0.15) is 16.7 Å². The normalized spacial score (nSPS) is 11.5. The van der Waals surface area contributed by atoms with Crippen LogP contribution in [-0.4, -0.2) is 8.42 Å². The molecule has 0 aliphatic rings. The van der Waals surface area contributed by atoms with Crippen molar-refractivity contribution >= 4 is 9.84 Å². The smallest absolute Gasteiger partial charge is 0.182 e. The second-order valence-corrected chi connectivity index (χ2v) is 6.58. The van der Waals surface area contributed by atoms with Crippen LogP contribution < -0.4 is 5.73 Å². The van der Waals surface area contributed by atoms with E-state index in [0.29, 0.717) is 11.4 Å². The van der Waals surface area contributed by atoms with E-state index < -0.39 is 9.84 Å². The lowest BCUT2D eigenvalue weighted by Gasteiger charge is -2.06. The average molecular weight is 275 g/mol. The summed E-state index contributed by atoms with van der Waals surface area (Å²) in [5, 5.41) is 0. The Kier molecular flexibility index (Phi) is 4.02. The van der Waals surface area contributed by atoms with E-state index in [4.69, 9.17) is 5.73 Å². The molecule has 0 aromatic heterocycles. The van der Waals surface area contributed by atoms with E-state index >= 15 is 0 Å². The summed E-state index contributed by atoms with van der Waals surface area (Å²) in [6, 6.07) is 14.3. The van der Waals surface area contributed by atoms with Crippen LogP contribution in [0.3, 0.4) is 0 Å². The molecular weight excluding hydrogens is 258 g/mol. The molecule has 4 heteroatoms. The predicted octanol–water partition coefficient (Wildman–Crippen LogP) is 2.43. The van der Waals surface area contributed by atoms with Gasteiger partial charge in [-0.2, -0.15) is 0 Å². The van der Waals surface area contributed by atoms with Crippen molar-refractivity contribution in [3.05, 3.63) is 65.2 Å². The summed E-state index contributed by atoms with van der Waals surface area (Å²) in [5.74, 6) is 0.0148. The molecule has 2 rings (SSSR count). The molecule has 0 atom stereocenters. The van der Waals surface area contributed by atoms with Crippen molar-refractivity contribution in [3.63, 3.8) is 0 Å². The van der Waals surface area contributed by atoms with Crippen molar-refractivity contribution in [1.29, 1.82) is 0 Å². The van der Waals surface area contributed by atoms with E-state index in [1.807, 2.05) is 43.3 Å². The molecule has 0 spiro atoms. The molecule has 0 aliphatic carbocycles. The molecule has 0 unspecified atom stereocenters. The van der Waals surface area contributed by atoms with Crippen LogP contribution in [0, 0.1) is 6.92 Å². The molecule has 0 aliphatic heterocycles. The van der Waals surface area contributed by atoms with Gasteiger partial charge in [0.2, 0.25) is 0 Å². The van der Waals surface area contributed by atoms with E-state index in [0.717, 1.165) is 16.7 Å². The monoisotopic (exact) mass is 275 g/mol. The first-order valence-electron chi connectivity index (χ1n) is 6.08. The number of sulfone groups is 1. The van der Waals surface area contributed by atoms with E-state index in [1.165, 1.54) is 0 Å². The van der Waals surface area contributed by atoms with Gasteiger partial charge in [0, 0.05) is 6.54 Å². The Morgan fingerprint density at radius 2 is 1.42 bits per heavy atom. The fourth-order valence-corrected chi connectivity index (χ4v) is 3.17. The van der Waals surface area contributed by atoms with Gasteiger partial charge in [0.25, 0.3) is 0 Å². The van der Waals surface area contributed by atoms with Crippen LogP contribution >= 0.6 is 0 Å². The Balaban J connectivity index is 2.23. The van der Waals surface area contributed by atoms with Gasteiger partial charge in [0.1, 0.15) is 0 Å². The van der Waals surface area contributed by atoms with Gasteiger partial charge in [-0.1, -0.05) is 42.0 Å². The zero-order valence-corrected chi connectivity index (χ0v) is 11.7. The van der Waals surface area contributed by atoms with Gasteiger partial charge in [-0.3, -0.25) is 0 Å². The molecule has 100 valence electrons. The van der Waals surface area contributed by atoms with Crippen molar-refractivity contribution < 1.29 is 8.42 Å². The first-order chi connectivity index (χ1) is 9.01. The van der Waals surface area contributed by atoms with Crippen molar-refractivity contribution in [3.8, 4) is 0 Å². The van der Waals surface area contributed by atoms with Gasteiger partial charge in [0.15, 0.2) is 9.84 Å². The first kappa shape index (κ1) is 13.8. The third-order valence-electron chi connectivity index (χ3n) is 3.00. The summed E-state index contributed by atoms with van der Waals surface area (Å²) in [6.45, 7) is 2.40. The van der Waals surface area contributed by atoms with E-state index in [2.05, 4.69) is 0 Å². The highest BCUT2D eigenvalue weighted by Crippen LogP contribution is 2.17. The number of benzene rings is 2. The zero-order chi connectivity index (χ0) is 13.9. The molecule has 0 saturated heterocycles. The molecule has 3 nitrogen and oxygen atoms in total. The number of aryl methyl sites for hydroxylation is 1. The van der Waals surface area contributed by atoms with Crippen LogP contribution in [0.25, 0.3) is 0 Å². The molecule has 2 aromatic rings. The molecular formula is C15H17NO2S. The second-order valence-electron chi connectivity index (χ2n) is 4.59. The number of hydrogen-bond acceptors (Lipinski definition) is 3. The van der Waals surface area contributed by atoms with Crippen LogP contribution in [0.4, 0.5) is 0 Å². The fourth-order valence-electron chi connectivity index (χ4n) is 1.82. The summed E-state index contributed by atoms with van der Waals surface area (Å²) in [5.41, 5.74) is 8.33. The summed E-state index contributed by atoms with van der Waals surface area (Å²) < 4.78 is 24.5. The number of hydrogen-bond donors (Lipinski definition) is 1. The lowest BCUT2D eigenvalue weighted by molar-refractivity contribution is 0.595. The number of nitrogens with two attached hydrogens (primary N) is 1. The van der Waals surface area contributed by atoms with Crippen LogP contribution in [0.15, 0.2) is 53.4 Å². The maximum Gasteiger partial charge on any atom is 0.182 e. The minimum atomic E-state index is -3.28. The third-order valence-corrected chi connectivity index (χ3v) is 4.70. The maximum absolute atomic E-state index is 12.2. The van der Waals surface area contributed by atoms with E-state index in [1.54, 1.807) is 12.1 Å². The van der Waals surface area contributed by atoms with Gasteiger partial charge in [-0.25, -0.2) is 8.42 Å².